The van der Waals surface area contributed by atoms with Crippen molar-refractivity contribution in [3.8, 4) is 11.5 Å². The van der Waals surface area contributed by atoms with Gasteiger partial charge in [-0.1, -0.05) is 32.9 Å². The number of carbonyl (C=O) groups is 1. The fourth-order valence-electron chi connectivity index (χ4n) is 1.90. The third kappa shape index (κ3) is 2.63. The van der Waals surface area contributed by atoms with E-state index in [1.54, 1.807) is 0 Å². The highest BCUT2D eigenvalue weighted by molar-refractivity contribution is 9.10. The molecule has 106 valence electrons. The van der Waals surface area contributed by atoms with E-state index in [1.807, 2.05) is 45.9 Å². The largest absolute Gasteiger partial charge is 0.475 e. The lowest BCUT2D eigenvalue weighted by Gasteiger charge is -2.14. The monoisotopic (exact) mass is 337 g/mol. The van der Waals surface area contributed by atoms with Crippen LogP contribution in [-0.4, -0.2) is 16.1 Å². The first kappa shape index (κ1) is 14.8. The molecule has 0 bridgehead atoms. The van der Waals surface area contributed by atoms with E-state index in [4.69, 9.17) is 4.42 Å². The molecular weight excluding hydrogens is 322 g/mol. The predicted octanol–water partition coefficient (Wildman–Crippen LogP) is 4.41. The van der Waals surface area contributed by atoms with Gasteiger partial charge in [-0.15, -0.1) is 0 Å². The second-order valence-electron chi connectivity index (χ2n) is 5.69. The highest BCUT2D eigenvalue weighted by Gasteiger charge is 2.29. The van der Waals surface area contributed by atoms with Gasteiger partial charge in [-0.25, -0.2) is 9.78 Å². The van der Waals surface area contributed by atoms with Gasteiger partial charge in [-0.2, -0.15) is 0 Å². The first-order valence-electron chi connectivity index (χ1n) is 6.22. The Balaban J connectivity index is 2.65. The maximum absolute atomic E-state index is 11.3. The zero-order valence-corrected chi connectivity index (χ0v) is 13.4. The standard InChI is InChI=1S/C15H16BrNO3/c1-8-6-5-7-9(10(8)16)13-17-12(15(2,3)4)11(20-13)14(18)19/h5-7H,1-4H3,(H,18,19). The summed E-state index contributed by atoms with van der Waals surface area (Å²) in [5.41, 5.74) is 1.84. The zero-order valence-electron chi connectivity index (χ0n) is 11.8. The number of carboxylic acids is 1. The van der Waals surface area contributed by atoms with Crippen LogP contribution >= 0.6 is 15.9 Å². The second kappa shape index (κ2) is 5.05. The van der Waals surface area contributed by atoms with Gasteiger partial charge >= 0.3 is 5.97 Å². The van der Waals surface area contributed by atoms with Crippen LogP contribution in [-0.2, 0) is 5.41 Å². The van der Waals surface area contributed by atoms with Gasteiger partial charge in [-0.05, 0) is 34.5 Å². The number of carboxylic acid groups (broad SMARTS) is 1. The SMILES string of the molecule is Cc1cccc(-c2nc(C(C)(C)C)c(C(=O)O)o2)c1Br. The number of aromatic nitrogens is 1. The van der Waals surface area contributed by atoms with Crippen LogP contribution in [0.1, 0.15) is 42.6 Å². The van der Waals surface area contributed by atoms with Crippen molar-refractivity contribution in [1.82, 2.24) is 4.98 Å². The van der Waals surface area contributed by atoms with Gasteiger partial charge in [0.2, 0.25) is 11.7 Å². The molecule has 0 spiro atoms. The molecule has 0 unspecified atom stereocenters. The molecule has 2 aromatic rings. The molecular formula is C15H16BrNO3. The molecule has 0 radical (unpaired) electrons. The third-order valence-electron chi connectivity index (χ3n) is 2.95. The molecule has 0 aliphatic rings. The maximum atomic E-state index is 11.3. The lowest BCUT2D eigenvalue weighted by atomic mass is 9.91. The van der Waals surface area contributed by atoms with Crippen molar-refractivity contribution in [2.75, 3.05) is 0 Å². The predicted molar refractivity (Wildman–Crippen MR) is 80.0 cm³/mol. The van der Waals surface area contributed by atoms with Gasteiger partial charge in [0.1, 0.15) is 5.69 Å². The van der Waals surface area contributed by atoms with Crippen molar-refractivity contribution in [2.24, 2.45) is 0 Å². The Labute approximate surface area is 126 Å². The van der Waals surface area contributed by atoms with E-state index in [2.05, 4.69) is 20.9 Å². The second-order valence-corrected chi connectivity index (χ2v) is 6.48. The first-order valence-corrected chi connectivity index (χ1v) is 7.01. The number of hydrogen-bond acceptors (Lipinski definition) is 3. The Morgan fingerprint density at radius 2 is 2.00 bits per heavy atom. The molecule has 0 atom stereocenters. The molecule has 1 heterocycles. The Morgan fingerprint density at radius 3 is 2.50 bits per heavy atom. The Hall–Kier alpha value is -1.62. The summed E-state index contributed by atoms with van der Waals surface area (Å²) < 4.78 is 6.34. The molecule has 0 amide bonds. The molecule has 1 aromatic heterocycles. The molecule has 20 heavy (non-hydrogen) atoms. The van der Waals surface area contributed by atoms with Crippen molar-refractivity contribution >= 4 is 21.9 Å². The van der Waals surface area contributed by atoms with E-state index in [-0.39, 0.29) is 5.76 Å². The van der Waals surface area contributed by atoms with Gasteiger partial charge in [0.25, 0.3) is 0 Å². The van der Waals surface area contributed by atoms with Crippen LogP contribution in [0.15, 0.2) is 27.1 Å². The summed E-state index contributed by atoms with van der Waals surface area (Å²) >= 11 is 3.49. The van der Waals surface area contributed by atoms with Crippen molar-refractivity contribution in [2.45, 2.75) is 33.1 Å². The summed E-state index contributed by atoms with van der Waals surface area (Å²) in [6, 6.07) is 5.69. The van der Waals surface area contributed by atoms with Gasteiger partial charge in [0, 0.05) is 9.89 Å². The summed E-state index contributed by atoms with van der Waals surface area (Å²) in [6.07, 6.45) is 0. The minimum absolute atomic E-state index is 0.0964. The van der Waals surface area contributed by atoms with E-state index >= 15 is 0 Å². The molecule has 0 saturated carbocycles. The summed E-state index contributed by atoms with van der Waals surface area (Å²) in [4.78, 5) is 15.7. The molecule has 1 aromatic carbocycles. The first-order chi connectivity index (χ1) is 9.21. The highest BCUT2D eigenvalue weighted by Crippen LogP contribution is 2.34. The normalized spacial score (nSPS) is 11.7. The number of nitrogens with zero attached hydrogens (tertiary/aromatic N) is 1. The lowest BCUT2D eigenvalue weighted by Crippen LogP contribution is -2.16. The fourth-order valence-corrected chi connectivity index (χ4v) is 2.34. The summed E-state index contributed by atoms with van der Waals surface area (Å²) in [5.74, 6) is -0.874. The molecule has 5 heteroatoms. The van der Waals surface area contributed by atoms with E-state index in [1.165, 1.54) is 0 Å². The van der Waals surface area contributed by atoms with E-state index in [0.29, 0.717) is 11.6 Å². The molecule has 1 N–H and O–H groups in total. The summed E-state index contributed by atoms with van der Waals surface area (Å²) in [5, 5.41) is 9.27. The third-order valence-corrected chi connectivity index (χ3v) is 4.01. The van der Waals surface area contributed by atoms with Crippen molar-refractivity contribution in [1.29, 1.82) is 0 Å². The minimum atomic E-state index is -1.10. The van der Waals surface area contributed by atoms with Crippen LogP contribution in [0.25, 0.3) is 11.5 Å². The number of aryl methyl sites for hydroxylation is 1. The number of aromatic carboxylic acids is 1. The highest BCUT2D eigenvalue weighted by atomic mass is 79.9. The van der Waals surface area contributed by atoms with Crippen molar-refractivity contribution < 1.29 is 14.3 Å². The number of benzene rings is 1. The van der Waals surface area contributed by atoms with Crippen LogP contribution < -0.4 is 0 Å². The van der Waals surface area contributed by atoms with Crippen LogP contribution in [0.5, 0.6) is 0 Å². The topological polar surface area (TPSA) is 63.3 Å². The number of hydrogen-bond donors (Lipinski definition) is 1. The number of halogens is 1. The Kier molecular flexibility index (Phi) is 3.73. The van der Waals surface area contributed by atoms with Crippen LogP contribution in [0.3, 0.4) is 0 Å². The molecule has 0 aliphatic carbocycles. The smallest absolute Gasteiger partial charge is 0.373 e. The molecule has 2 rings (SSSR count). The number of oxazole rings is 1. The summed E-state index contributed by atoms with van der Waals surface area (Å²) in [6.45, 7) is 7.68. The van der Waals surface area contributed by atoms with Crippen LogP contribution in [0.2, 0.25) is 0 Å². The number of rotatable bonds is 2. The quantitative estimate of drug-likeness (QED) is 0.881. The Bertz CT molecular complexity index is 668. The maximum Gasteiger partial charge on any atom is 0.373 e. The van der Waals surface area contributed by atoms with E-state index < -0.39 is 11.4 Å². The van der Waals surface area contributed by atoms with E-state index in [9.17, 15) is 9.90 Å². The average Bonchev–Trinajstić information content (AvgIpc) is 2.77. The molecule has 0 saturated heterocycles. The van der Waals surface area contributed by atoms with Crippen LogP contribution in [0, 0.1) is 6.92 Å². The lowest BCUT2D eigenvalue weighted by molar-refractivity contribution is 0.0659. The van der Waals surface area contributed by atoms with Gasteiger partial charge in [0.15, 0.2) is 0 Å². The molecule has 0 aliphatic heterocycles. The van der Waals surface area contributed by atoms with Gasteiger partial charge in [0.05, 0.1) is 5.56 Å². The fraction of sp³-hybridized carbons (Fsp3) is 0.333. The Morgan fingerprint density at radius 1 is 1.35 bits per heavy atom. The zero-order chi connectivity index (χ0) is 15.1. The molecule has 0 fully saturated rings. The molecule has 4 nitrogen and oxygen atoms in total. The average molecular weight is 338 g/mol. The van der Waals surface area contributed by atoms with Crippen molar-refractivity contribution in [3.63, 3.8) is 0 Å². The van der Waals surface area contributed by atoms with Gasteiger partial charge < -0.3 is 9.52 Å². The summed E-state index contributed by atoms with van der Waals surface area (Å²) in [7, 11) is 0. The van der Waals surface area contributed by atoms with E-state index in [0.717, 1.165) is 15.6 Å². The van der Waals surface area contributed by atoms with Gasteiger partial charge in [-0.3, -0.25) is 0 Å². The minimum Gasteiger partial charge on any atom is -0.475 e. The van der Waals surface area contributed by atoms with Crippen LogP contribution in [0.4, 0.5) is 0 Å². The van der Waals surface area contributed by atoms with Crippen molar-refractivity contribution in [3.05, 3.63) is 39.7 Å².